The van der Waals surface area contributed by atoms with Crippen molar-refractivity contribution in [3.05, 3.63) is 59.7 Å². The number of carbonyl (C=O) groups excluding carboxylic acids is 2. The van der Waals surface area contributed by atoms with Crippen molar-refractivity contribution in [1.82, 2.24) is 10.2 Å². The van der Waals surface area contributed by atoms with E-state index in [0.717, 1.165) is 27.2 Å². The Morgan fingerprint density at radius 3 is 2.06 bits per heavy atom. The minimum absolute atomic E-state index is 0.0884. The van der Waals surface area contributed by atoms with Crippen LogP contribution in [0.2, 0.25) is 0 Å². The number of carbonyl (C=O) groups is 3. The second kappa shape index (κ2) is 9.65. The Hall–Kier alpha value is -3.35. The van der Waals surface area contributed by atoms with Gasteiger partial charge in [-0.05, 0) is 42.0 Å². The number of carboxylic acids is 1. The van der Waals surface area contributed by atoms with Gasteiger partial charge in [0.2, 0.25) is 5.91 Å². The number of likely N-dealkylation sites (N-methyl/N-ethyl adjacent to an activating group) is 1. The predicted molar refractivity (Wildman–Crippen MR) is 126 cm³/mol. The molecule has 0 aliphatic heterocycles. The lowest BCUT2D eigenvalue weighted by molar-refractivity contribution is -0.156. The van der Waals surface area contributed by atoms with Gasteiger partial charge in [-0.2, -0.15) is 0 Å². The Balaban J connectivity index is 1.73. The average Bonchev–Trinajstić information content (AvgIpc) is 3.13. The van der Waals surface area contributed by atoms with Crippen molar-refractivity contribution in [3.63, 3.8) is 0 Å². The molecule has 2 N–H and O–H groups in total. The summed E-state index contributed by atoms with van der Waals surface area (Å²) in [6, 6.07) is 15.2. The third-order valence-electron chi connectivity index (χ3n) is 6.79. The number of carboxylic acid groups (broad SMARTS) is 1. The average molecular weight is 453 g/mol. The maximum Gasteiger partial charge on any atom is 0.407 e. The standard InChI is InChI=1S/C26H32N2O5/c1-6-16(2)22(23(29)28(5)26(3,4)24(30)31)27-25(32)33-15-21-19-13-9-7-11-17(19)18-12-8-10-14-20(18)21/h7-14,16,21-22H,6,15H2,1-5H3,(H,27,32)(H,30,31)/t16?,22-/m0/s1. The van der Waals surface area contributed by atoms with E-state index in [1.54, 1.807) is 0 Å². The molecule has 0 fully saturated rings. The number of hydrogen-bond acceptors (Lipinski definition) is 4. The van der Waals surface area contributed by atoms with Crippen LogP contribution in [0, 0.1) is 5.92 Å². The first-order valence-corrected chi connectivity index (χ1v) is 11.2. The number of fused-ring (bicyclic) bond motifs is 3. The fraction of sp³-hybridized carbons (Fsp3) is 0.423. The summed E-state index contributed by atoms with van der Waals surface area (Å²) in [5, 5.41) is 12.2. The maximum absolute atomic E-state index is 13.1. The van der Waals surface area contributed by atoms with E-state index >= 15 is 0 Å². The van der Waals surface area contributed by atoms with E-state index in [0.29, 0.717) is 6.42 Å². The van der Waals surface area contributed by atoms with Crippen molar-refractivity contribution in [2.45, 2.75) is 51.6 Å². The van der Waals surface area contributed by atoms with Crippen LogP contribution in [-0.4, -0.2) is 53.2 Å². The van der Waals surface area contributed by atoms with Gasteiger partial charge in [-0.3, -0.25) is 4.79 Å². The van der Waals surface area contributed by atoms with Gasteiger partial charge in [0.05, 0.1) is 0 Å². The van der Waals surface area contributed by atoms with Gasteiger partial charge in [-0.1, -0.05) is 68.8 Å². The number of rotatable bonds is 8. The monoisotopic (exact) mass is 452 g/mol. The third-order valence-corrected chi connectivity index (χ3v) is 6.79. The third kappa shape index (κ3) is 4.72. The van der Waals surface area contributed by atoms with Crippen molar-refractivity contribution in [2.75, 3.05) is 13.7 Å². The Bertz CT molecular complexity index is 1000. The van der Waals surface area contributed by atoms with E-state index in [2.05, 4.69) is 17.4 Å². The maximum atomic E-state index is 13.1. The molecule has 0 radical (unpaired) electrons. The summed E-state index contributed by atoms with van der Waals surface area (Å²) in [6.45, 7) is 6.79. The number of alkyl carbamates (subject to hydrolysis) is 1. The lowest BCUT2D eigenvalue weighted by Crippen LogP contribution is -2.58. The molecule has 1 aliphatic rings. The van der Waals surface area contributed by atoms with Crippen LogP contribution in [0.3, 0.4) is 0 Å². The molecule has 7 heteroatoms. The smallest absolute Gasteiger partial charge is 0.407 e. The summed E-state index contributed by atoms with van der Waals surface area (Å²) in [5.74, 6) is -1.88. The van der Waals surface area contributed by atoms with E-state index in [4.69, 9.17) is 4.74 Å². The largest absolute Gasteiger partial charge is 0.480 e. The van der Waals surface area contributed by atoms with Crippen LogP contribution in [0.5, 0.6) is 0 Å². The molecule has 1 unspecified atom stereocenters. The minimum Gasteiger partial charge on any atom is -0.480 e. The molecule has 0 saturated heterocycles. The summed E-state index contributed by atoms with van der Waals surface area (Å²) in [5.41, 5.74) is 3.05. The topological polar surface area (TPSA) is 95.9 Å². The van der Waals surface area contributed by atoms with Gasteiger partial charge in [0, 0.05) is 13.0 Å². The van der Waals surface area contributed by atoms with Gasteiger partial charge in [-0.25, -0.2) is 9.59 Å². The first kappa shape index (κ1) is 24.3. The highest BCUT2D eigenvalue weighted by molar-refractivity contribution is 5.91. The molecule has 176 valence electrons. The molecule has 3 rings (SSSR count). The summed E-state index contributed by atoms with van der Waals surface area (Å²) < 4.78 is 5.59. The highest BCUT2D eigenvalue weighted by atomic mass is 16.5. The number of ether oxygens (including phenoxy) is 1. The normalized spacial score (nSPS) is 14.6. The highest BCUT2D eigenvalue weighted by Crippen LogP contribution is 2.44. The van der Waals surface area contributed by atoms with Crippen LogP contribution in [0.4, 0.5) is 4.79 Å². The van der Waals surface area contributed by atoms with Gasteiger partial charge in [0.15, 0.2) is 0 Å². The minimum atomic E-state index is -1.41. The van der Waals surface area contributed by atoms with Crippen LogP contribution < -0.4 is 5.32 Å². The van der Waals surface area contributed by atoms with Crippen LogP contribution in [0.25, 0.3) is 11.1 Å². The first-order valence-electron chi connectivity index (χ1n) is 11.2. The Labute approximate surface area is 194 Å². The molecule has 7 nitrogen and oxygen atoms in total. The predicted octanol–water partition coefficient (Wildman–Crippen LogP) is 4.26. The molecule has 2 atom stereocenters. The highest BCUT2D eigenvalue weighted by Gasteiger charge is 2.40. The zero-order valence-electron chi connectivity index (χ0n) is 19.8. The molecule has 2 aromatic carbocycles. The molecule has 2 amide bonds. The lowest BCUT2D eigenvalue weighted by Gasteiger charge is -2.35. The van der Waals surface area contributed by atoms with Gasteiger partial charge in [0.1, 0.15) is 18.2 Å². The fourth-order valence-corrected chi connectivity index (χ4v) is 4.08. The number of aliphatic carboxylic acids is 1. The van der Waals surface area contributed by atoms with Crippen LogP contribution in [-0.2, 0) is 14.3 Å². The van der Waals surface area contributed by atoms with Crippen molar-refractivity contribution in [1.29, 1.82) is 0 Å². The van der Waals surface area contributed by atoms with Crippen LogP contribution in [0.1, 0.15) is 51.2 Å². The number of benzene rings is 2. The van der Waals surface area contributed by atoms with Crippen molar-refractivity contribution >= 4 is 18.0 Å². The Kier molecular flexibility index (Phi) is 7.10. The molecular formula is C26H32N2O5. The summed E-state index contributed by atoms with van der Waals surface area (Å²) in [4.78, 5) is 38.6. The molecule has 0 aromatic heterocycles. The molecule has 0 spiro atoms. The zero-order valence-corrected chi connectivity index (χ0v) is 19.8. The van der Waals surface area contributed by atoms with E-state index in [1.165, 1.54) is 20.9 Å². The van der Waals surface area contributed by atoms with E-state index in [-0.39, 0.29) is 18.4 Å². The van der Waals surface area contributed by atoms with Crippen LogP contribution in [0.15, 0.2) is 48.5 Å². The summed E-state index contributed by atoms with van der Waals surface area (Å²) in [7, 11) is 1.44. The first-order chi connectivity index (χ1) is 15.6. The van der Waals surface area contributed by atoms with Crippen molar-refractivity contribution < 1.29 is 24.2 Å². The molecule has 1 aliphatic carbocycles. The number of nitrogens with one attached hydrogen (secondary N) is 1. The second-order valence-electron chi connectivity index (χ2n) is 9.09. The Morgan fingerprint density at radius 2 is 1.58 bits per heavy atom. The second-order valence-corrected chi connectivity index (χ2v) is 9.09. The molecule has 0 bridgehead atoms. The number of nitrogens with zero attached hydrogens (tertiary/aromatic N) is 1. The van der Waals surface area contributed by atoms with Gasteiger partial charge < -0.3 is 20.1 Å². The van der Waals surface area contributed by atoms with Gasteiger partial charge in [-0.15, -0.1) is 0 Å². The van der Waals surface area contributed by atoms with Gasteiger partial charge >= 0.3 is 12.1 Å². The molecule has 0 heterocycles. The number of amides is 2. The number of hydrogen-bond donors (Lipinski definition) is 2. The van der Waals surface area contributed by atoms with E-state index < -0.39 is 29.6 Å². The quantitative estimate of drug-likeness (QED) is 0.624. The van der Waals surface area contributed by atoms with Crippen molar-refractivity contribution in [3.8, 4) is 11.1 Å². The molecule has 2 aromatic rings. The summed E-state index contributed by atoms with van der Waals surface area (Å²) in [6.07, 6.45) is -0.0708. The summed E-state index contributed by atoms with van der Waals surface area (Å²) >= 11 is 0. The van der Waals surface area contributed by atoms with Crippen LogP contribution >= 0.6 is 0 Å². The van der Waals surface area contributed by atoms with Gasteiger partial charge in [0.25, 0.3) is 0 Å². The Morgan fingerprint density at radius 1 is 1.06 bits per heavy atom. The molecule has 33 heavy (non-hydrogen) atoms. The fourth-order valence-electron chi connectivity index (χ4n) is 4.08. The van der Waals surface area contributed by atoms with E-state index in [9.17, 15) is 19.5 Å². The van der Waals surface area contributed by atoms with E-state index in [1.807, 2.05) is 50.2 Å². The molecule has 0 saturated carbocycles. The SMILES string of the molecule is CCC(C)[C@H](NC(=O)OCC1c2ccccc2-c2ccccc21)C(=O)N(C)C(C)(C)C(=O)O. The molecular weight excluding hydrogens is 420 g/mol. The lowest BCUT2D eigenvalue weighted by atomic mass is 9.95. The zero-order chi connectivity index (χ0) is 24.3. The van der Waals surface area contributed by atoms with Crippen molar-refractivity contribution in [2.24, 2.45) is 5.92 Å².